The van der Waals surface area contributed by atoms with Crippen molar-refractivity contribution in [2.24, 2.45) is 0 Å². The number of aromatic nitrogens is 1. The van der Waals surface area contributed by atoms with E-state index in [0.29, 0.717) is 6.04 Å². The Kier molecular flexibility index (Phi) is 9.29. The van der Waals surface area contributed by atoms with Crippen LogP contribution in [0, 0.1) is 13.8 Å². The third-order valence-electron chi connectivity index (χ3n) is 7.17. The van der Waals surface area contributed by atoms with E-state index in [4.69, 9.17) is 9.72 Å². The number of pyridine rings is 1. The summed E-state index contributed by atoms with van der Waals surface area (Å²) in [7, 11) is 1.81. The molecule has 34 heavy (non-hydrogen) atoms. The van der Waals surface area contributed by atoms with Crippen molar-refractivity contribution in [2.75, 3.05) is 7.11 Å². The van der Waals surface area contributed by atoms with Crippen LogP contribution >= 0.6 is 0 Å². The van der Waals surface area contributed by atoms with Crippen LogP contribution < -0.4 is 4.74 Å². The minimum atomic E-state index is 0.511. The summed E-state index contributed by atoms with van der Waals surface area (Å²) in [5.74, 6) is 0.986. The van der Waals surface area contributed by atoms with Gasteiger partial charge in [0.1, 0.15) is 5.75 Å². The molecule has 0 saturated carbocycles. The number of ether oxygens (including phenoxy) is 1. The second-order valence-electron chi connectivity index (χ2n) is 9.20. The Morgan fingerprint density at radius 2 is 1.44 bits per heavy atom. The average molecular weight is 459 g/mol. The van der Waals surface area contributed by atoms with Gasteiger partial charge in [-0.25, -0.2) is 0 Å². The fourth-order valence-corrected chi connectivity index (χ4v) is 5.21. The van der Waals surface area contributed by atoms with Gasteiger partial charge >= 0.3 is 0 Å². The molecule has 2 aromatic carbocycles. The van der Waals surface area contributed by atoms with Gasteiger partial charge in [-0.3, -0.25) is 9.88 Å². The van der Waals surface area contributed by atoms with Gasteiger partial charge < -0.3 is 4.74 Å². The van der Waals surface area contributed by atoms with Gasteiger partial charge in [-0.05, 0) is 56.2 Å². The monoisotopic (exact) mass is 458 g/mol. The molecule has 3 heteroatoms. The fraction of sp³-hybridized carbons (Fsp3) is 0.452. The molecule has 182 valence electrons. The molecule has 3 nitrogen and oxygen atoms in total. The van der Waals surface area contributed by atoms with Gasteiger partial charge in [0, 0.05) is 41.5 Å². The first kappa shape index (κ1) is 26.0. The molecule has 0 aliphatic rings. The van der Waals surface area contributed by atoms with Crippen LogP contribution in [0.25, 0.3) is 11.3 Å². The molecule has 1 heterocycles. The molecule has 0 radical (unpaired) electrons. The number of aryl methyl sites for hydroxylation is 3. The zero-order valence-corrected chi connectivity index (χ0v) is 22.2. The Labute approximate surface area is 207 Å². The minimum absolute atomic E-state index is 0.511. The predicted octanol–water partition coefficient (Wildman–Crippen LogP) is 7.69. The lowest BCUT2D eigenvalue weighted by Crippen LogP contribution is -2.34. The van der Waals surface area contributed by atoms with E-state index >= 15 is 0 Å². The zero-order chi connectivity index (χ0) is 24.7. The molecule has 0 fully saturated rings. The molecule has 0 saturated heterocycles. The second-order valence-corrected chi connectivity index (χ2v) is 9.20. The van der Waals surface area contributed by atoms with E-state index < -0.39 is 0 Å². The van der Waals surface area contributed by atoms with E-state index in [9.17, 15) is 0 Å². The molecule has 0 spiro atoms. The zero-order valence-electron chi connectivity index (χ0n) is 22.2. The first-order chi connectivity index (χ1) is 16.5. The van der Waals surface area contributed by atoms with Crippen LogP contribution in [0.4, 0.5) is 0 Å². The first-order valence-corrected chi connectivity index (χ1v) is 12.9. The van der Waals surface area contributed by atoms with Gasteiger partial charge in [0.15, 0.2) is 0 Å². The third kappa shape index (κ3) is 5.52. The lowest BCUT2D eigenvalue weighted by atomic mass is 9.91. The van der Waals surface area contributed by atoms with Crippen LogP contribution in [0.2, 0.25) is 0 Å². The van der Waals surface area contributed by atoms with Crippen molar-refractivity contribution in [2.45, 2.75) is 86.4 Å². The minimum Gasteiger partial charge on any atom is -0.496 e. The summed E-state index contributed by atoms with van der Waals surface area (Å²) in [6.07, 6.45) is 4.23. The fourth-order valence-electron chi connectivity index (χ4n) is 5.21. The molecular formula is C31H42N2O. The summed E-state index contributed by atoms with van der Waals surface area (Å²) in [6, 6.07) is 17.9. The van der Waals surface area contributed by atoms with Gasteiger partial charge in [0.05, 0.1) is 12.8 Å². The highest BCUT2D eigenvalue weighted by molar-refractivity contribution is 5.73. The van der Waals surface area contributed by atoms with E-state index in [0.717, 1.165) is 61.5 Å². The SMILES string of the molecule is CCc1cccc(CC)c1-c1nc(C)c(CN(Cc2ccccc2)C(CC)CC)c(OC)c1C. The molecule has 0 aliphatic carbocycles. The number of methoxy groups -OCH3 is 1. The van der Waals surface area contributed by atoms with E-state index in [2.05, 4.69) is 95.0 Å². The average Bonchev–Trinajstić information content (AvgIpc) is 2.87. The summed E-state index contributed by atoms with van der Waals surface area (Å²) >= 11 is 0. The van der Waals surface area contributed by atoms with Crippen LogP contribution in [-0.4, -0.2) is 23.0 Å². The number of nitrogens with zero attached hydrogens (tertiary/aromatic N) is 2. The van der Waals surface area contributed by atoms with Crippen LogP contribution in [-0.2, 0) is 25.9 Å². The lowest BCUT2D eigenvalue weighted by Gasteiger charge is -2.32. The molecule has 0 unspecified atom stereocenters. The maximum atomic E-state index is 6.10. The molecule has 0 aliphatic heterocycles. The van der Waals surface area contributed by atoms with Crippen LogP contribution in [0.5, 0.6) is 5.75 Å². The third-order valence-corrected chi connectivity index (χ3v) is 7.17. The molecule has 0 atom stereocenters. The van der Waals surface area contributed by atoms with E-state index in [1.165, 1.54) is 27.8 Å². The van der Waals surface area contributed by atoms with Crippen LogP contribution in [0.15, 0.2) is 48.5 Å². The van der Waals surface area contributed by atoms with E-state index in [1.54, 1.807) is 7.11 Å². The highest BCUT2D eigenvalue weighted by Crippen LogP contribution is 2.38. The highest BCUT2D eigenvalue weighted by Gasteiger charge is 2.24. The Morgan fingerprint density at radius 1 is 0.824 bits per heavy atom. The molecule has 3 rings (SSSR count). The van der Waals surface area contributed by atoms with Crippen molar-refractivity contribution in [3.63, 3.8) is 0 Å². The van der Waals surface area contributed by atoms with Crippen molar-refractivity contribution in [3.05, 3.63) is 82.0 Å². The maximum absolute atomic E-state index is 6.10. The highest BCUT2D eigenvalue weighted by atomic mass is 16.5. The summed E-state index contributed by atoms with van der Waals surface area (Å²) in [5, 5.41) is 0. The van der Waals surface area contributed by atoms with Crippen LogP contribution in [0.1, 0.15) is 74.0 Å². The number of hydrogen-bond donors (Lipinski definition) is 0. The summed E-state index contributed by atoms with van der Waals surface area (Å²) < 4.78 is 6.10. The van der Waals surface area contributed by atoms with Crippen LogP contribution in [0.3, 0.4) is 0 Å². The van der Waals surface area contributed by atoms with Gasteiger partial charge in [-0.1, -0.05) is 76.2 Å². The Hall–Kier alpha value is -2.65. The molecule has 3 aromatic rings. The Bertz CT molecular complexity index is 1050. The first-order valence-electron chi connectivity index (χ1n) is 12.9. The van der Waals surface area contributed by atoms with E-state index in [-0.39, 0.29) is 0 Å². The molecule has 0 N–H and O–H groups in total. The van der Waals surface area contributed by atoms with Gasteiger partial charge in [-0.15, -0.1) is 0 Å². The molecule has 1 aromatic heterocycles. The molecule has 0 bridgehead atoms. The number of rotatable bonds is 11. The largest absolute Gasteiger partial charge is 0.496 e. The van der Waals surface area contributed by atoms with Gasteiger partial charge in [-0.2, -0.15) is 0 Å². The normalized spacial score (nSPS) is 11.4. The van der Waals surface area contributed by atoms with Crippen molar-refractivity contribution < 1.29 is 4.74 Å². The topological polar surface area (TPSA) is 25.4 Å². The summed E-state index contributed by atoms with van der Waals surface area (Å²) in [6.45, 7) is 15.1. The second kappa shape index (κ2) is 12.2. The van der Waals surface area contributed by atoms with Gasteiger partial charge in [0.25, 0.3) is 0 Å². The molecule has 0 amide bonds. The van der Waals surface area contributed by atoms with E-state index in [1.807, 2.05) is 0 Å². The summed E-state index contributed by atoms with van der Waals surface area (Å²) in [4.78, 5) is 7.83. The smallest absolute Gasteiger partial charge is 0.130 e. The maximum Gasteiger partial charge on any atom is 0.130 e. The standard InChI is InChI=1S/C31H42N2O/c1-8-25-18-15-19-26(9-2)29(25)30-22(5)31(34-7)28(23(6)32-30)21-33(27(10-3)11-4)20-24-16-13-12-14-17-24/h12-19,27H,8-11,20-21H2,1-7H3. The quantitative estimate of drug-likeness (QED) is 0.294. The van der Waals surface area contributed by atoms with Crippen molar-refractivity contribution in [3.8, 4) is 17.0 Å². The lowest BCUT2D eigenvalue weighted by molar-refractivity contribution is 0.165. The summed E-state index contributed by atoms with van der Waals surface area (Å²) in [5.41, 5.74) is 9.83. The Balaban J connectivity index is 2.10. The predicted molar refractivity (Wildman–Crippen MR) is 145 cm³/mol. The van der Waals surface area contributed by atoms with Gasteiger partial charge in [0.2, 0.25) is 0 Å². The van der Waals surface area contributed by atoms with Crippen molar-refractivity contribution >= 4 is 0 Å². The number of hydrogen-bond acceptors (Lipinski definition) is 3. The van der Waals surface area contributed by atoms with Crippen molar-refractivity contribution in [1.29, 1.82) is 0 Å². The molecular weight excluding hydrogens is 416 g/mol. The van der Waals surface area contributed by atoms with Crippen molar-refractivity contribution in [1.82, 2.24) is 9.88 Å². The number of benzene rings is 2. The Morgan fingerprint density at radius 3 is 1.97 bits per heavy atom.